The number of aromatic nitrogens is 1. The molecule has 3 aliphatic rings. The van der Waals surface area contributed by atoms with E-state index in [9.17, 15) is 18.4 Å². The lowest BCUT2D eigenvalue weighted by molar-refractivity contribution is -0.657. The minimum atomic E-state index is -0.673. The Morgan fingerprint density at radius 2 is 1.91 bits per heavy atom. The van der Waals surface area contributed by atoms with Gasteiger partial charge in [-0.25, -0.2) is 28.9 Å². The summed E-state index contributed by atoms with van der Waals surface area (Å²) in [5, 5.41) is 4.94. The summed E-state index contributed by atoms with van der Waals surface area (Å²) in [4.78, 5) is 28.6. The lowest BCUT2D eigenvalue weighted by atomic mass is 9.80. The fourth-order valence-electron chi connectivity index (χ4n) is 6.74. The van der Waals surface area contributed by atoms with Crippen LogP contribution in [0.2, 0.25) is 0 Å². The Kier molecular flexibility index (Phi) is 8.88. The average Bonchev–Trinajstić information content (AvgIpc) is 3.58. The highest BCUT2D eigenvalue weighted by Crippen LogP contribution is 2.52. The molecule has 1 aromatic heterocycles. The molecule has 0 bridgehead atoms. The van der Waals surface area contributed by atoms with Crippen molar-refractivity contribution in [2.75, 3.05) is 18.9 Å². The highest BCUT2D eigenvalue weighted by atomic mass is 19.1. The van der Waals surface area contributed by atoms with Gasteiger partial charge in [0.05, 0.1) is 31.3 Å². The van der Waals surface area contributed by atoms with Crippen LogP contribution in [-0.2, 0) is 22.1 Å². The first-order valence-corrected chi connectivity index (χ1v) is 15.2. The molecule has 9 heteroatoms. The topological polar surface area (TPSA) is 68.6 Å². The van der Waals surface area contributed by atoms with Gasteiger partial charge in [0.2, 0.25) is 5.91 Å². The molecule has 0 radical (unpaired) electrons. The Bertz CT molecular complexity index is 1580. The molecule has 2 aliphatic heterocycles. The van der Waals surface area contributed by atoms with Gasteiger partial charge in [-0.3, -0.25) is 4.79 Å². The minimum absolute atomic E-state index is 0.0264. The summed E-state index contributed by atoms with van der Waals surface area (Å²) in [7, 11) is 3.81. The number of aryl methyl sites for hydroxylation is 1. The number of nitrogens with zero attached hydrogens (tertiary/aromatic N) is 3. The van der Waals surface area contributed by atoms with E-state index in [1.807, 2.05) is 74.1 Å². The Hall–Kier alpha value is -4.11. The number of carbonyl (C=O) groups excluding carboxylic acids is 2. The molecular formula is C35H42F2N5O2+. The van der Waals surface area contributed by atoms with Crippen LogP contribution in [0.4, 0.5) is 14.6 Å². The zero-order chi connectivity index (χ0) is 31.8. The molecule has 232 valence electrons. The summed E-state index contributed by atoms with van der Waals surface area (Å²) in [6.45, 7) is 8.16. The third kappa shape index (κ3) is 6.11. The molecule has 44 heavy (non-hydrogen) atoms. The van der Waals surface area contributed by atoms with E-state index in [4.69, 9.17) is 0 Å². The second-order valence-corrected chi connectivity index (χ2v) is 12.3. The molecule has 0 saturated heterocycles. The van der Waals surface area contributed by atoms with Crippen molar-refractivity contribution in [1.29, 1.82) is 0 Å². The van der Waals surface area contributed by atoms with E-state index in [0.29, 0.717) is 18.4 Å². The number of benzene rings is 1. The lowest BCUT2D eigenvalue weighted by Crippen LogP contribution is -2.37. The number of hydrogen-bond acceptors (Lipinski definition) is 4. The Balaban J connectivity index is 1.35. The second kappa shape index (κ2) is 12.5. The van der Waals surface area contributed by atoms with Crippen molar-refractivity contribution in [3.8, 4) is 0 Å². The van der Waals surface area contributed by atoms with E-state index < -0.39 is 23.1 Å². The summed E-state index contributed by atoms with van der Waals surface area (Å²) in [6.07, 6.45) is 13.6. The minimum Gasteiger partial charge on any atom is -0.332 e. The largest absolute Gasteiger partial charge is 0.332 e. The van der Waals surface area contributed by atoms with Gasteiger partial charge in [-0.1, -0.05) is 31.2 Å². The number of halogens is 2. The summed E-state index contributed by atoms with van der Waals surface area (Å²) < 4.78 is 30.2. The third-order valence-electron chi connectivity index (χ3n) is 9.07. The highest BCUT2D eigenvalue weighted by molar-refractivity contribution is 6.05. The van der Waals surface area contributed by atoms with E-state index in [1.54, 1.807) is 11.8 Å². The fourth-order valence-corrected chi connectivity index (χ4v) is 6.74. The maximum atomic E-state index is 14.1. The third-order valence-corrected chi connectivity index (χ3v) is 9.07. The monoisotopic (exact) mass is 602 g/mol. The number of rotatable bonds is 8. The summed E-state index contributed by atoms with van der Waals surface area (Å²) >= 11 is 0. The molecule has 1 aromatic carbocycles. The number of fused-ring (bicyclic) bond motifs is 2. The summed E-state index contributed by atoms with van der Waals surface area (Å²) in [5.74, 6) is -0.576. The number of allylic oxidation sites excluding steroid dienone is 5. The number of nitrogens with one attached hydrogen (secondary N) is 2. The summed E-state index contributed by atoms with van der Waals surface area (Å²) in [6, 6.07) is 6.98. The Labute approximate surface area is 258 Å². The standard InChI is InChI=1S/C35H41F2N5O2/c1-7-25-20-35(31-11-9-12-40(5)33(31)38-34(35)44)21-27(25)14-22(2)10-8-13-42(24(4)26-16-28(36)18-29(37)17-26)32(43)19-30-15-23(3)39-41(30)6/h7-12,14-18,22-24,39H,13,19-21H2,1-6H3/p+1. The van der Waals surface area contributed by atoms with Gasteiger partial charge < -0.3 is 9.91 Å². The number of carbonyl (C=O) groups is 2. The molecule has 5 rings (SSSR count). The first-order chi connectivity index (χ1) is 20.9. The molecule has 7 nitrogen and oxygen atoms in total. The van der Waals surface area contributed by atoms with Crippen molar-refractivity contribution in [3.05, 3.63) is 107 Å². The van der Waals surface area contributed by atoms with Gasteiger partial charge in [-0.05, 0) is 86.6 Å². The van der Waals surface area contributed by atoms with Crippen molar-refractivity contribution in [2.24, 2.45) is 13.0 Å². The van der Waals surface area contributed by atoms with Gasteiger partial charge in [-0.2, -0.15) is 0 Å². The van der Waals surface area contributed by atoms with E-state index >= 15 is 0 Å². The zero-order valence-corrected chi connectivity index (χ0v) is 26.3. The van der Waals surface area contributed by atoms with E-state index in [0.717, 1.165) is 34.3 Å². The van der Waals surface area contributed by atoms with E-state index in [2.05, 4.69) is 29.8 Å². The van der Waals surface area contributed by atoms with Crippen LogP contribution in [0.15, 0.2) is 83.8 Å². The molecule has 4 atom stereocenters. The van der Waals surface area contributed by atoms with Crippen molar-refractivity contribution >= 4 is 17.6 Å². The normalized spacial score (nSPS) is 24.4. The van der Waals surface area contributed by atoms with Crippen molar-refractivity contribution in [2.45, 2.75) is 64.5 Å². The summed E-state index contributed by atoms with van der Waals surface area (Å²) in [5.41, 5.74) is 7.22. The lowest BCUT2D eigenvalue weighted by Gasteiger charge is -2.30. The molecule has 2 aromatic rings. The van der Waals surface area contributed by atoms with Gasteiger partial charge in [-0.15, -0.1) is 0 Å². The van der Waals surface area contributed by atoms with Crippen LogP contribution in [0, 0.1) is 17.6 Å². The average molecular weight is 603 g/mol. The SMILES string of the molecule is CC=C1CC2(CC1=CC(C)C=CCN(C(=O)CC1=CC(C)NN1C)C(C)c1cc(F)cc(F)c1)C(=O)Nc1c2ccc[n+]1C. The van der Waals surface area contributed by atoms with E-state index in [-0.39, 0.29) is 36.7 Å². The molecule has 2 amide bonds. The molecule has 4 unspecified atom stereocenters. The van der Waals surface area contributed by atoms with Crippen molar-refractivity contribution < 1.29 is 22.9 Å². The van der Waals surface area contributed by atoms with Crippen LogP contribution >= 0.6 is 0 Å². The van der Waals surface area contributed by atoms with Gasteiger partial charge in [0.1, 0.15) is 17.0 Å². The quantitative estimate of drug-likeness (QED) is 0.308. The molecule has 2 N–H and O–H groups in total. The zero-order valence-electron chi connectivity index (χ0n) is 26.3. The van der Waals surface area contributed by atoms with E-state index in [1.165, 1.54) is 12.1 Å². The smallest absolute Gasteiger partial charge is 0.319 e. The molecular weight excluding hydrogens is 560 g/mol. The van der Waals surface area contributed by atoms with Crippen molar-refractivity contribution in [1.82, 2.24) is 15.3 Å². The van der Waals surface area contributed by atoms with Crippen LogP contribution in [0.1, 0.15) is 64.1 Å². The van der Waals surface area contributed by atoms with Gasteiger partial charge in [0.25, 0.3) is 5.82 Å². The van der Waals surface area contributed by atoms with Gasteiger partial charge in [0, 0.05) is 31.4 Å². The molecule has 1 fully saturated rings. The first kappa shape index (κ1) is 31.3. The molecule has 1 saturated carbocycles. The van der Waals surface area contributed by atoms with Crippen LogP contribution in [0.25, 0.3) is 0 Å². The molecule has 1 spiro atoms. The molecule has 3 heterocycles. The fraction of sp³-hybridized carbons (Fsp3) is 0.400. The second-order valence-electron chi connectivity index (χ2n) is 12.3. The van der Waals surface area contributed by atoms with Crippen LogP contribution in [0.3, 0.4) is 0 Å². The van der Waals surface area contributed by atoms with Crippen LogP contribution in [-0.4, -0.2) is 41.4 Å². The number of amides is 2. The molecule has 1 aliphatic carbocycles. The first-order valence-electron chi connectivity index (χ1n) is 15.2. The number of hydrogen-bond donors (Lipinski definition) is 2. The maximum absolute atomic E-state index is 14.1. The predicted octanol–water partition coefficient (Wildman–Crippen LogP) is 5.54. The number of anilines is 1. The highest BCUT2D eigenvalue weighted by Gasteiger charge is 2.56. The number of hydrazine groups is 1. The van der Waals surface area contributed by atoms with Gasteiger partial charge >= 0.3 is 5.91 Å². The van der Waals surface area contributed by atoms with Crippen LogP contribution in [0.5, 0.6) is 0 Å². The maximum Gasteiger partial charge on any atom is 0.319 e. The predicted molar refractivity (Wildman–Crippen MR) is 167 cm³/mol. The number of pyridine rings is 1. The van der Waals surface area contributed by atoms with Crippen molar-refractivity contribution in [3.63, 3.8) is 0 Å². The Morgan fingerprint density at radius 3 is 2.57 bits per heavy atom. The Morgan fingerprint density at radius 1 is 1.20 bits per heavy atom. The van der Waals surface area contributed by atoms with Gasteiger partial charge in [0.15, 0.2) is 0 Å². The van der Waals surface area contributed by atoms with Crippen LogP contribution < -0.4 is 15.3 Å².